The highest BCUT2D eigenvalue weighted by Crippen LogP contribution is 2.15. The average molecular weight is 364 g/mol. The summed E-state index contributed by atoms with van der Waals surface area (Å²) in [4.78, 5) is 12.5. The Morgan fingerprint density at radius 3 is 2.28 bits per heavy atom. The predicted molar refractivity (Wildman–Crippen MR) is 103 cm³/mol. The van der Waals surface area contributed by atoms with Gasteiger partial charge in [0.05, 0.1) is 13.0 Å². The van der Waals surface area contributed by atoms with Gasteiger partial charge in [0.2, 0.25) is 0 Å². The second kappa shape index (κ2) is 11.5. The number of hydrogen-bond donors (Lipinski definition) is 1. The first-order valence-corrected chi connectivity index (χ1v) is 8.29. The monoisotopic (exact) mass is 363 g/mol. The van der Waals surface area contributed by atoms with Gasteiger partial charge in [0.15, 0.2) is 0 Å². The molecule has 2 aromatic carbocycles. The molecule has 0 aliphatic carbocycles. The van der Waals surface area contributed by atoms with Crippen molar-refractivity contribution in [3.05, 3.63) is 65.7 Å². The molecule has 0 unspecified atom stereocenters. The van der Waals surface area contributed by atoms with Crippen LogP contribution in [0.4, 0.5) is 0 Å². The molecule has 5 heteroatoms. The molecule has 2 rings (SSSR count). The van der Waals surface area contributed by atoms with Crippen LogP contribution in [0.1, 0.15) is 24.0 Å². The van der Waals surface area contributed by atoms with Gasteiger partial charge >= 0.3 is 5.97 Å². The summed E-state index contributed by atoms with van der Waals surface area (Å²) in [5, 5.41) is 8.65. The number of halogens is 1. The Morgan fingerprint density at radius 2 is 1.64 bits per heavy atom. The molecule has 0 aliphatic heterocycles. The Morgan fingerprint density at radius 1 is 1.00 bits per heavy atom. The molecule has 0 fully saturated rings. The molecule has 25 heavy (non-hydrogen) atoms. The van der Waals surface area contributed by atoms with Crippen molar-refractivity contribution in [3.8, 4) is 5.75 Å². The lowest BCUT2D eigenvalue weighted by atomic mass is 10.1. The van der Waals surface area contributed by atoms with Gasteiger partial charge in [-0.15, -0.1) is 12.4 Å². The quantitative estimate of drug-likeness (QED) is 0.651. The maximum absolute atomic E-state index is 10.5. The molecule has 0 atom stereocenters. The number of carbonyl (C=O) groups is 1. The van der Waals surface area contributed by atoms with E-state index in [-0.39, 0.29) is 18.8 Å². The summed E-state index contributed by atoms with van der Waals surface area (Å²) in [5.74, 6) is 0.119. The highest BCUT2D eigenvalue weighted by molar-refractivity contribution is 5.85. The first kappa shape index (κ1) is 21.0. The van der Waals surface area contributed by atoms with Crippen molar-refractivity contribution < 1.29 is 14.6 Å². The van der Waals surface area contributed by atoms with Crippen molar-refractivity contribution in [1.29, 1.82) is 0 Å². The first-order valence-electron chi connectivity index (χ1n) is 8.29. The molecule has 0 aliphatic rings. The van der Waals surface area contributed by atoms with E-state index >= 15 is 0 Å². The summed E-state index contributed by atoms with van der Waals surface area (Å²) in [6.07, 6.45) is 1.98. The molecular formula is C20H26ClNO3. The van der Waals surface area contributed by atoms with E-state index in [4.69, 9.17) is 9.84 Å². The van der Waals surface area contributed by atoms with E-state index in [1.54, 1.807) is 0 Å². The van der Waals surface area contributed by atoms with E-state index < -0.39 is 5.97 Å². The molecule has 4 nitrogen and oxygen atoms in total. The normalized spacial score (nSPS) is 10.3. The SMILES string of the molecule is CN(CCCOc1ccc(Cc2ccccc2)cc1)CCC(=O)O.Cl. The third kappa shape index (κ3) is 8.57. The van der Waals surface area contributed by atoms with Crippen LogP contribution in [-0.2, 0) is 11.2 Å². The van der Waals surface area contributed by atoms with Crippen molar-refractivity contribution in [2.45, 2.75) is 19.3 Å². The van der Waals surface area contributed by atoms with Crippen molar-refractivity contribution in [1.82, 2.24) is 4.90 Å². The minimum Gasteiger partial charge on any atom is -0.494 e. The number of benzene rings is 2. The van der Waals surface area contributed by atoms with E-state index in [0.717, 1.165) is 25.1 Å². The minimum atomic E-state index is -0.756. The summed E-state index contributed by atoms with van der Waals surface area (Å²) in [7, 11) is 1.93. The summed E-state index contributed by atoms with van der Waals surface area (Å²) in [5.41, 5.74) is 2.57. The highest BCUT2D eigenvalue weighted by atomic mass is 35.5. The molecule has 0 radical (unpaired) electrons. The fourth-order valence-electron chi connectivity index (χ4n) is 2.46. The summed E-state index contributed by atoms with van der Waals surface area (Å²) in [6, 6.07) is 18.6. The zero-order valence-corrected chi connectivity index (χ0v) is 15.4. The van der Waals surface area contributed by atoms with Crippen molar-refractivity contribution in [3.63, 3.8) is 0 Å². The Bertz CT molecular complexity index is 617. The maximum atomic E-state index is 10.5. The second-order valence-corrected chi connectivity index (χ2v) is 5.96. The van der Waals surface area contributed by atoms with Crippen LogP contribution in [0, 0.1) is 0 Å². The van der Waals surface area contributed by atoms with Crippen LogP contribution in [-0.4, -0.2) is 42.7 Å². The topological polar surface area (TPSA) is 49.8 Å². The minimum absolute atomic E-state index is 0. The first-order chi connectivity index (χ1) is 11.6. The summed E-state index contributed by atoms with van der Waals surface area (Å²) in [6.45, 7) is 2.04. The maximum Gasteiger partial charge on any atom is 0.304 e. The zero-order valence-electron chi connectivity index (χ0n) is 14.6. The number of aliphatic carboxylic acids is 1. The molecule has 0 saturated heterocycles. The lowest BCUT2D eigenvalue weighted by molar-refractivity contribution is -0.137. The van der Waals surface area contributed by atoms with Gasteiger partial charge in [0, 0.05) is 13.1 Å². The van der Waals surface area contributed by atoms with Gasteiger partial charge in [-0.1, -0.05) is 42.5 Å². The van der Waals surface area contributed by atoms with E-state index in [9.17, 15) is 4.79 Å². The third-order valence-corrected chi connectivity index (χ3v) is 3.83. The Labute approximate surface area is 155 Å². The number of nitrogens with zero attached hydrogens (tertiary/aromatic N) is 1. The molecule has 0 saturated carbocycles. The van der Waals surface area contributed by atoms with Crippen LogP contribution in [0.5, 0.6) is 5.75 Å². The van der Waals surface area contributed by atoms with E-state index in [1.807, 2.05) is 30.1 Å². The lowest BCUT2D eigenvalue weighted by Crippen LogP contribution is -2.24. The largest absolute Gasteiger partial charge is 0.494 e. The molecule has 0 spiro atoms. The summed E-state index contributed by atoms with van der Waals surface area (Å²) < 4.78 is 5.74. The fraction of sp³-hybridized carbons (Fsp3) is 0.350. The van der Waals surface area contributed by atoms with Gasteiger partial charge in [0.1, 0.15) is 5.75 Å². The number of hydrogen-bond acceptors (Lipinski definition) is 3. The molecule has 0 heterocycles. The summed E-state index contributed by atoms with van der Waals surface area (Å²) >= 11 is 0. The predicted octanol–water partition coefficient (Wildman–Crippen LogP) is 3.87. The number of carboxylic acid groups (broad SMARTS) is 1. The molecule has 0 amide bonds. The molecule has 136 valence electrons. The van der Waals surface area contributed by atoms with Gasteiger partial charge in [-0.25, -0.2) is 0 Å². The molecule has 0 aromatic heterocycles. The van der Waals surface area contributed by atoms with Gasteiger partial charge < -0.3 is 14.7 Å². The van der Waals surface area contributed by atoms with Gasteiger partial charge in [0.25, 0.3) is 0 Å². The molecule has 2 aromatic rings. The van der Waals surface area contributed by atoms with Crippen LogP contribution < -0.4 is 4.74 Å². The van der Waals surface area contributed by atoms with Crippen LogP contribution in [0.3, 0.4) is 0 Å². The van der Waals surface area contributed by atoms with E-state index in [1.165, 1.54) is 11.1 Å². The average Bonchev–Trinajstić information content (AvgIpc) is 2.59. The smallest absolute Gasteiger partial charge is 0.304 e. The molecule has 1 N–H and O–H groups in total. The Kier molecular flexibility index (Phi) is 9.66. The van der Waals surface area contributed by atoms with Crippen LogP contribution in [0.25, 0.3) is 0 Å². The van der Waals surface area contributed by atoms with Crippen LogP contribution in [0.15, 0.2) is 54.6 Å². The van der Waals surface area contributed by atoms with Crippen LogP contribution in [0.2, 0.25) is 0 Å². The number of carboxylic acids is 1. The standard InChI is InChI=1S/C20H25NO3.ClH/c1-21(14-12-20(22)23)13-5-15-24-19-10-8-18(9-11-19)16-17-6-3-2-4-7-17;/h2-4,6-11H,5,12-16H2,1H3,(H,22,23);1H. The van der Waals surface area contributed by atoms with Crippen molar-refractivity contribution >= 4 is 18.4 Å². The van der Waals surface area contributed by atoms with E-state index in [0.29, 0.717) is 13.2 Å². The lowest BCUT2D eigenvalue weighted by Gasteiger charge is -2.15. The van der Waals surface area contributed by atoms with Crippen molar-refractivity contribution in [2.75, 3.05) is 26.7 Å². The van der Waals surface area contributed by atoms with Gasteiger partial charge in [-0.3, -0.25) is 4.79 Å². The van der Waals surface area contributed by atoms with Gasteiger partial charge in [-0.2, -0.15) is 0 Å². The fourth-order valence-corrected chi connectivity index (χ4v) is 2.46. The second-order valence-electron chi connectivity index (χ2n) is 5.96. The zero-order chi connectivity index (χ0) is 17.2. The molecule has 0 bridgehead atoms. The van der Waals surface area contributed by atoms with Crippen molar-refractivity contribution in [2.24, 2.45) is 0 Å². The van der Waals surface area contributed by atoms with Gasteiger partial charge in [-0.05, 0) is 43.1 Å². The number of rotatable bonds is 10. The Balaban J connectivity index is 0.00000312. The number of ether oxygens (including phenoxy) is 1. The Hall–Kier alpha value is -2.04. The molecular weight excluding hydrogens is 338 g/mol. The highest BCUT2D eigenvalue weighted by Gasteiger charge is 2.03. The van der Waals surface area contributed by atoms with Crippen LogP contribution >= 0.6 is 12.4 Å². The third-order valence-electron chi connectivity index (χ3n) is 3.83. The van der Waals surface area contributed by atoms with E-state index in [2.05, 4.69) is 36.4 Å².